The van der Waals surface area contributed by atoms with E-state index < -0.39 is 11.9 Å². The quantitative estimate of drug-likeness (QED) is 0.455. The molecule has 0 aromatic heterocycles. The van der Waals surface area contributed by atoms with Crippen molar-refractivity contribution in [1.82, 2.24) is 0 Å². The molecule has 0 saturated heterocycles. The molecule has 4 nitrogen and oxygen atoms in total. The Hall–Kier alpha value is -1.06. The van der Waals surface area contributed by atoms with Crippen molar-refractivity contribution in [2.75, 3.05) is 0 Å². The maximum absolute atomic E-state index is 10.8. The average molecular weight is 300 g/mol. The van der Waals surface area contributed by atoms with Crippen LogP contribution in [0.5, 0.6) is 0 Å². The molecule has 0 radical (unpaired) electrons. The van der Waals surface area contributed by atoms with Crippen LogP contribution in [0.2, 0.25) is 0 Å². The topological polar surface area (TPSA) is 74.6 Å². The molecule has 0 aliphatic rings. The number of carboxylic acids is 2. The van der Waals surface area contributed by atoms with Crippen molar-refractivity contribution in [3.05, 3.63) is 0 Å². The van der Waals surface area contributed by atoms with Gasteiger partial charge in [0.15, 0.2) is 0 Å². The zero-order chi connectivity index (χ0) is 16.1. The van der Waals surface area contributed by atoms with E-state index in [2.05, 4.69) is 13.8 Å². The Morgan fingerprint density at radius 1 is 0.762 bits per heavy atom. The normalized spacial score (nSPS) is 12.5. The molecule has 1 atom stereocenters. The third-order valence-corrected chi connectivity index (χ3v) is 4.10. The fourth-order valence-electron chi connectivity index (χ4n) is 2.64. The molecule has 0 heterocycles. The highest BCUT2D eigenvalue weighted by atomic mass is 16.4. The van der Waals surface area contributed by atoms with E-state index in [1.54, 1.807) is 0 Å². The molecule has 0 aromatic rings. The maximum atomic E-state index is 10.8. The molecule has 0 aliphatic carbocycles. The molecule has 0 rings (SSSR count). The monoisotopic (exact) mass is 300 g/mol. The summed E-state index contributed by atoms with van der Waals surface area (Å²) < 4.78 is 0. The Labute approximate surface area is 128 Å². The molecule has 2 N–H and O–H groups in total. The predicted octanol–water partition coefficient (Wildman–Crippen LogP) is 4.72. The Kier molecular flexibility index (Phi) is 12.0. The minimum Gasteiger partial charge on any atom is -0.481 e. The lowest BCUT2D eigenvalue weighted by Crippen LogP contribution is -2.13. The van der Waals surface area contributed by atoms with Crippen LogP contribution in [0.15, 0.2) is 0 Å². The number of aliphatic carboxylic acids is 2. The molecular weight excluding hydrogens is 268 g/mol. The molecular formula is C17H32O4. The second-order valence-electron chi connectivity index (χ2n) is 6.36. The molecule has 0 aliphatic heterocycles. The van der Waals surface area contributed by atoms with Crippen LogP contribution in [0.4, 0.5) is 0 Å². The van der Waals surface area contributed by atoms with Gasteiger partial charge in [0.2, 0.25) is 0 Å². The molecule has 0 amide bonds. The summed E-state index contributed by atoms with van der Waals surface area (Å²) >= 11 is 0. The third kappa shape index (κ3) is 13.7. The summed E-state index contributed by atoms with van der Waals surface area (Å²) in [5.41, 5.74) is 0. The van der Waals surface area contributed by atoms with Crippen molar-refractivity contribution in [3.8, 4) is 0 Å². The maximum Gasteiger partial charge on any atom is 0.303 e. The van der Waals surface area contributed by atoms with E-state index in [9.17, 15) is 9.59 Å². The van der Waals surface area contributed by atoms with Crippen LogP contribution in [0.1, 0.15) is 84.5 Å². The molecule has 21 heavy (non-hydrogen) atoms. The van der Waals surface area contributed by atoms with Crippen molar-refractivity contribution in [2.45, 2.75) is 84.5 Å². The Morgan fingerprint density at radius 2 is 1.24 bits per heavy atom. The van der Waals surface area contributed by atoms with Crippen molar-refractivity contribution in [2.24, 2.45) is 11.8 Å². The highest BCUT2D eigenvalue weighted by Crippen LogP contribution is 2.22. The first kappa shape index (κ1) is 19.9. The first-order chi connectivity index (χ1) is 9.93. The lowest BCUT2D eigenvalue weighted by Gasteiger charge is -2.18. The van der Waals surface area contributed by atoms with E-state index in [1.165, 1.54) is 25.7 Å². The van der Waals surface area contributed by atoms with Gasteiger partial charge in [-0.25, -0.2) is 0 Å². The second-order valence-corrected chi connectivity index (χ2v) is 6.36. The molecule has 0 spiro atoms. The van der Waals surface area contributed by atoms with Crippen LogP contribution in [0, 0.1) is 11.8 Å². The number of hydrogen-bond acceptors (Lipinski definition) is 2. The van der Waals surface area contributed by atoms with E-state index in [0.29, 0.717) is 24.7 Å². The number of rotatable bonds is 14. The van der Waals surface area contributed by atoms with Gasteiger partial charge in [-0.15, -0.1) is 0 Å². The minimum absolute atomic E-state index is 0.292. The van der Waals surface area contributed by atoms with Crippen molar-refractivity contribution >= 4 is 11.9 Å². The van der Waals surface area contributed by atoms with Crippen LogP contribution in [0.3, 0.4) is 0 Å². The minimum atomic E-state index is -0.698. The molecule has 1 unspecified atom stereocenters. The largest absolute Gasteiger partial charge is 0.481 e. The number of carboxylic acid groups (broad SMARTS) is 2. The lowest BCUT2D eigenvalue weighted by atomic mass is 9.87. The van der Waals surface area contributed by atoms with Gasteiger partial charge >= 0.3 is 11.9 Å². The second kappa shape index (κ2) is 12.7. The Morgan fingerprint density at radius 3 is 1.67 bits per heavy atom. The van der Waals surface area contributed by atoms with Crippen molar-refractivity contribution in [3.63, 3.8) is 0 Å². The van der Waals surface area contributed by atoms with E-state index in [0.717, 1.165) is 32.1 Å². The highest BCUT2D eigenvalue weighted by Gasteiger charge is 2.16. The Balaban J connectivity index is 3.41. The molecule has 4 heteroatoms. The van der Waals surface area contributed by atoms with Gasteiger partial charge in [-0.2, -0.15) is 0 Å². The Bertz CT molecular complexity index is 287. The van der Waals surface area contributed by atoms with Crippen LogP contribution >= 0.6 is 0 Å². The predicted molar refractivity (Wildman–Crippen MR) is 84.4 cm³/mol. The van der Waals surface area contributed by atoms with Crippen LogP contribution in [-0.4, -0.2) is 22.2 Å². The number of hydrogen-bond donors (Lipinski definition) is 2. The van der Waals surface area contributed by atoms with E-state index >= 15 is 0 Å². The molecule has 0 bridgehead atoms. The fraction of sp³-hybridized carbons (Fsp3) is 0.882. The summed E-state index contributed by atoms with van der Waals surface area (Å²) in [4.78, 5) is 21.1. The summed E-state index contributed by atoms with van der Waals surface area (Å²) in [6, 6.07) is 0. The van der Waals surface area contributed by atoms with Crippen LogP contribution < -0.4 is 0 Å². The van der Waals surface area contributed by atoms with Gasteiger partial charge in [0, 0.05) is 12.8 Å². The summed E-state index contributed by atoms with van der Waals surface area (Å²) in [6.45, 7) is 4.20. The van der Waals surface area contributed by atoms with E-state index in [1.807, 2.05) is 0 Å². The SMILES string of the molecule is CC(C)C(CCCCCCCCCCC(=O)O)CC(=O)O. The number of carbonyl (C=O) groups is 2. The van der Waals surface area contributed by atoms with Gasteiger partial charge in [0.05, 0.1) is 0 Å². The van der Waals surface area contributed by atoms with E-state index in [4.69, 9.17) is 10.2 Å². The van der Waals surface area contributed by atoms with Gasteiger partial charge in [0.1, 0.15) is 0 Å². The smallest absolute Gasteiger partial charge is 0.303 e. The van der Waals surface area contributed by atoms with Crippen molar-refractivity contribution < 1.29 is 19.8 Å². The standard InChI is InChI=1S/C17H32O4/c1-14(2)15(13-17(20)21)11-9-7-5-3-4-6-8-10-12-16(18)19/h14-15H,3-13H2,1-2H3,(H,18,19)(H,20,21). The highest BCUT2D eigenvalue weighted by molar-refractivity contribution is 5.67. The molecule has 0 aromatic carbocycles. The molecule has 0 saturated carbocycles. The summed E-state index contributed by atoms with van der Waals surface area (Å²) in [5.74, 6) is -0.639. The number of unbranched alkanes of at least 4 members (excludes halogenated alkanes) is 7. The van der Waals surface area contributed by atoms with Gasteiger partial charge < -0.3 is 10.2 Å². The first-order valence-electron chi connectivity index (χ1n) is 8.37. The first-order valence-corrected chi connectivity index (χ1v) is 8.37. The summed E-state index contributed by atoms with van der Waals surface area (Å²) in [5, 5.41) is 17.4. The zero-order valence-electron chi connectivity index (χ0n) is 13.6. The summed E-state index contributed by atoms with van der Waals surface area (Å²) in [6.07, 6.45) is 10.4. The molecule has 0 fully saturated rings. The van der Waals surface area contributed by atoms with Gasteiger partial charge in [0.25, 0.3) is 0 Å². The van der Waals surface area contributed by atoms with Gasteiger partial charge in [-0.05, 0) is 24.7 Å². The fourth-order valence-corrected chi connectivity index (χ4v) is 2.64. The summed E-state index contributed by atoms with van der Waals surface area (Å²) in [7, 11) is 0. The van der Waals surface area contributed by atoms with Crippen molar-refractivity contribution in [1.29, 1.82) is 0 Å². The third-order valence-electron chi connectivity index (χ3n) is 4.10. The lowest BCUT2D eigenvalue weighted by molar-refractivity contribution is -0.139. The van der Waals surface area contributed by atoms with Crippen LogP contribution in [0.25, 0.3) is 0 Å². The van der Waals surface area contributed by atoms with E-state index in [-0.39, 0.29) is 0 Å². The zero-order valence-corrected chi connectivity index (χ0v) is 13.6. The molecule has 124 valence electrons. The average Bonchev–Trinajstić information content (AvgIpc) is 2.38. The van der Waals surface area contributed by atoms with Gasteiger partial charge in [-0.1, -0.05) is 58.8 Å². The van der Waals surface area contributed by atoms with Gasteiger partial charge in [-0.3, -0.25) is 9.59 Å². The van der Waals surface area contributed by atoms with Crippen LogP contribution in [-0.2, 0) is 9.59 Å².